The Morgan fingerprint density at radius 3 is 2.14 bits per heavy atom. The van der Waals surface area contributed by atoms with Gasteiger partial charge in [0.2, 0.25) is 5.91 Å². The quantitative estimate of drug-likeness (QED) is 0.565. The summed E-state index contributed by atoms with van der Waals surface area (Å²) in [7, 11) is 0. The monoisotopic (exact) mass is 415 g/mol. The molecule has 0 bridgehead atoms. The summed E-state index contributed by atoms with van der Waals surface area (Å²) >= 11 is 6.08. The van der Waals surface area contributed by atoms with E-state index in [1.165, 1.54) is 18.2 Å². The summed E-state index contributed by atoms with van der Waals surface area (Å²) in [4.78, 5) is 39.5. The van der Waals surface area contributed by atoms with Crippen LogP contribution in [0.5, 0.6) is 0 Å². The number of non-ortho nitro benzene ring substituents is 1. The molecule has 0 saturated carbocycles. The minimum atomic E-state index is -0.658. The number of amides is 2. The lowest BCUT2D eigenvalue weighted by atomic mass is 9.83. The molecule has 0 N–H and O–H groups in total. The molecule has 0 aliphatic carbocycles. The second-order valence-electron chi connectivity index (χ2n) is 7.50. The Kier molecular flexibility index (Phi) is 5.88. The zero-order chi connectivity index (χ0) is 21.2. The van der Waals surface area contributed by atoms with E-state index in [2.05, 4.69) is 0 Å². The van der Waals surface area contributed by atoms with Crippen molar-refractivity contribution >= 4 is 29.1 Å². The highest BCUT2D eigenvalue weighted by atomic mass is 35.5. The molecule has 152 valence electrons. The van der Waals surface area contributed by atoms with Gasteiger partial charge in [0.05, 0.1) is 20.9 Å². The highest BCUT2D eigenvalue weighted by molar-refractivity contribution is 6.34. The number of nitro groups is 1. The van der Waals surface area contributed by atoms with Crippen LogP contribution in [0.25, 0.3) is 0 Å². The molecule has 1 heterocycles. The Hall–Kier alpha value is -2.93. The Labute approximate surface area is 174 Å². The summed E-state index contributed by atoms with van der Waals surface area (Å²) in [5, 5.41) is 10.9. The topological polar surface area (TPSA) is 83.8 Å². The lowest BCUT2D eigenvalue weighted by Gasteiger charge is -2.39. The van der Waals surface area contributed by atoms with Gasteiger partial charge < -0.3 is 9.80 Å². The minimum absolute atomic E-state index is 0.0177. The molecule has 8 heteroatoms. The lowest BCUT2D eigenvalue weighted by Crippen LogP contribution is -2.54. The van der Waals surface area contributed by atoms with Crippen LogP contribution in [-0.2, 0) is 10.2 Å². The third-order valence-corrected chi connectivity index (χ3v) is 5.59. The first-order valence-electron chi connectivity index (χ1n) is 9.30. The fraction of sp³-hybridized carbons (Fsp3) is 0.333. The number of hydrogen-bond donors (Lipinski definition) is 0. The van der Waals surface area contributed by atoms with E-state index in [4.69, 9.17) is 11.6 Å². The normalized spacial score (nSPS) is 14.6. The smallest absolute Gasteiger partial charge is 0.270 e. The molecule has 7 nitrogen and oxygen atoms in total. The van der Waals surface area contributed by atoms with Crippen LogP contribution in [-0.4, -0.2) is 52.7 Å². The average molecular weight is 416 g/mol. The van der Waals surface area contributed by atoms with E-state index in [0.29, 0.717) is 26.2 Å². The highest BCUT2D eigenvalue weighted by Crippen LogP contribution is 2.27. The van der Waals surface area contributed by atoms with E-state index >= 15 is 0 Å². The molecule has 2 aromatic rings. The second kappa shape index (κ2) is 8.21. The van der Waals surface area contributed by atoms with Gasteiger partial charge in [-0.1, -0.05) is 41.9 Å². The van der Waals surface area contributed by atoms with Crippen LogP contribution in [0.1, 0.15) is 29.8 Å². The van der Waals surface area contributed by atoms with Crippen molar-refractivity contribution in [2.45, 2.75) is 19.3 Å². The van der Waals surface area contributed by atoms with Gasteiger partial charge in [0, 0.05) is 38.3 Å². The van der Waals surface area contributed by atoms with Crippen molar-refractivity contribution < 1.29 is 14.5 Å². The molecule has 3 rings (SSSR count). The number of carbonyl (C=O) groups is 2. The van der Waals surface area contributed by atoms with Crippen LogP contribution in [0.15, 0.2) is 48.5 Å². The molecule has 2 amide bonds. The summed E-state index contributed by atoms with van der Waals surface area (Å²) in [5.41, 5.74) is 0.350. The first kappa shape index (κ1) is 20.8. The molecule has 0 aromatic heterocycles. The zero-order valence-electron chi connectivity index (χ0n) is 16.3. The van der Waals surface area contributed by atoms with E-state index < -0.39 is 10.3 Å². The molecule has 0 unspecified atom stereocenters. The Morgan fingerprint density at radius 2 is 1.59 bits per heavy atom. The maximum absolute atomic E-state index is 13.1. The van der Waals surface area contributed by atoms with Gasteiger partial charge in [0.25, 0.3) is 11.6 Å². The fourth-order valence-electron chi connectivity index (χ4n) is 3.45. The third kappa shape index (κ3) is 4.24. The maximum Gasteiger partial charge on any atom is 0.270 e. The molecule has 1 saturated heterocycles. The van der Waals surface area contributed by atoms with Gasteiger partial charge >= 0.3 is 0 Å². The molecular formula is C21H22ClN3O4. The van der Waals surface area contributed by atoms with Crippen LogP contribution in [0.2, 0.25) is 5.02 Å². The van der Waals surface area contributed by atoms with Crippen LogP contribution >= 0.6 is 11.6 Å². The second-order valence-corrected chi connectivity index (χ2v) is 7.90. The van der Waals surface area contributed by atoms with Gasteiger partial charge in [-0.3, -0.25) is 19.7 Å². The minimum Gasteiger partial charge on any atom is -0.338 e. The Morgan fingerprint density at radius 1 is 1.00 bits per heavy atom. The Bertz CT molecular complexity index is 938. The molecule has 0 radical (unpaired) electrons. The van der Waals surface area contributed by atoms with Gasteiger partial charge in [-0.2, -0.15) is 0 Å². The van der Waals surface area contributed by atoms with Crippen molar-refractivity contribution in [1.29, 1.82) is 0 Å². The number of hydrogen-bond acceptors (Lipinski definition) is 4. The number of nitro benzene ring substituents is 1. The van der Waals surface area contributed by atoms with Crippen LogP contribution in [0.4, 0.5) is 5.69 Å². The summed E-state index contributed by atoms with van der Waals surface area (Å²) in [6, 6.07) is 13.4. The number of halogens is 1. The van der Waals surface area contributed by atoms with E-state index in [1.54, 1.807) is 9.80 Å². The van der Waals surface area contributed by atoms with Gasteiger partial charge in [-0.15, -0.1) is 0 Å². The summed E-state index contributed by atoms with van der Waals surface area (Å²) in [6.45, 7) is 5.40. The first-order valence-corrected chi connectivity index (χ1v) is 9.67. The summed E-state index contributed by atoms with van der Waals surface area (Å²) < 4.78 is 0. The number of rotatable bonds is 4. The van der Waals surface area contributed by atoms with Crippen molar-refractivity contribution in [3.05, 3.63) is 74.8 Å². The largest absolute Gasteiger partial charge is 0.338 e. The number of nitrogens with zero attached hydrogens (tertiary/aromatic N) is 3. The van der Waals surface area contributed by atoms with Crippen molar-refractivity contribution in [2.24, 2.45) is 0 Å². The summed E-state index contributed by atoms with van der Waals surface area (Å²) in [6.07, 6.45) is 0. The van der Waals surface area contributed by atoms with Gasteiger partial charge in [0.15, 0.2) is 0 Å². The number of carbonyl (C=O) groups excluding carboxylic acids is 2. The van der Waals surface area contributed by atoms with Gasteiger partial charge in [-0.05, 0) is 25.5 Å². The molecule has 1 aliphatic heterocycles. The van der Waals surface area contributed by atoms with Gasteiger partial charge in [0.1, 0.15) is 0 Å². The maximum atomic E-state index is 13.1. The standard InChI is InChI=1S/C21H22ClN3O4/c1-21(2,15-6-4-3-5-7-15)20(27)24-12-10-23(11-13-24)19(26)17-9-8-16(25(28)29)14-18(17)22/h3-9,14H,10-13H2,1-2H3. The molecule has 0 atom stereocenters. The number of piperazine rings is 1. The van der Waals surface area contributed by atoms with Gasteiger partial charge in [-0.25, -0.2) is 0 Å². The fourth-order valence-corrected chi connectivity index (χ4v) is 3.70. The van der Waals surface area contributed by atoms with Crippen molar-refractivity contribution in [1.82, 2.24) is 9.80 Å². The number of benzene rings is 2. The zero-order valence-corrected chi connectivity index (χ0v) is 17.1. The molecular weight excluding hydrogens is 394 g/mol. The molecule has 0 spiro atoms. The van der Waals surface area contributed by atoms with Crippen LogP contribution < -0.4 is 0 Å². The van der Waals surface area contributed by atoms with Crippen LogP contribution in [0.3, 0.4) is 0 Å². The van der Waals surface area contributed by atoms with Crippen molar-refractivity contribution in [3.63, 3.8) is 0 Å². The SMILES string of the molecule is CC(C)(C(=O)N1CCN(C(=O)c2ccc([N+](=O)[O-])cc2Cl)CC1)c1ccccc1. The van der Waals surface area contributed by atoms with E-state index in [1.807, 2.05) is 44.2 Å². The first-order chi connectivity index (χ1) is 13.7. The molecule has 29 heavy (non-hydrogen) atoms. The lowest BCUT2D eigenvalue weighted by molar-refractivity contribution is -0.384. The molecule has 1 fully saturated rings. The molecule has 2 aromatic carbocycles. The van der Waals surface area contributed by atoms with Crippen molar-refractivity contribution in [3.8, 4) is 0 Å². The molecule has 1 aliphatic rings. The Balaban J connectivity index is 1.67. The van der Waals surface area contributed by atoms with Crippen molar-refractivity contribution in [2.75, 3.05) is 26.2 Å². The summed E-state index contributed by atoms with van der Waals surface area (Å²) in [5.74, 6) is -0.275. The average Bonchev–Trinajstić information content (AvgIpc) is 2.73. The predicted molar refractivity (Wildman–Crippen MR) is 110 cm³/mol. The predicted octanol–water partition coefficient (Wildman–Crippen LogP) is 3.51. The van der Waals surface area contributed by atoms with Crippen LogP contribution in [0, 0.1) is 10.1 Å². The van der Waals surface area contributed by atoms with E-state index in [0.717, 1.165) is 5.56 Å². The van der Waals surface area contributed by atoms with E-state index in [-0.39, 0.29) is 28.1 Å². The third-order valence-electron chi connectivity index (χ3n) is 5.28. The highest BCUT2D eigenvalue weighted by Gasteiger charge is 2.36. The van der Waals surface area contributed by atoms with E-state index in [9.17, 15) is 19.7 Å².